The van der Waals surface area contributed by atoms with Gasteiger partial charge in [0.1, 0.15) is 17.9 Å². The number of carboxylic acid groups (broad SMARTS) is 1. The van der Waals surface area contributed by atoms with E-state index in [0.29, 0.717) is 4.47 Å². The Bertz CT molecular complexity index is 311. The summed E-state index contributed by atoms with van der Waals surface area (Å²) in [6.45, 7) is 0. The van der Waals surface area contributed by atoms with Crippen LogP contribution in [0.2, 0.25) is 0 Å². The molecule has 0 saturated carbocycles. The van der Waals surface area contributed by atoms with Gasteiger partial charge < -0.3 is 20.4 Å². The van der Waals surface area contributed by atoms with Crippen molar-refractivity contribution in [3.63, 3.8) is 0 Å². The Balaban J connectivity index is 2.85. The third-order valence-electron chi connectivity index (χ3n) is 1.54. The average Bonchev–Trinajstić information content (AvgIpc) is 2.48. The van der Waals surface area contributed by atoms with Gasteiger partial charge in [-0.05, 0) is 22.0 Å². The molecule has 0 aromatic carbocycles. The SMILES string of the molecule is NC(C(=O)O)C(O)c1occc1Br. The lowest BCUT2D eigenvalue weighted by Gasteiger charge is -2.12. The third kappa shape index (κ3) is 2.09. The molecule has 2 atom stereocenters. The molecule has 4 N–H and O–H groups in total. The number of nitrogens with two attached hydrogens (primary N) is 1. The second-order valence-electron chi connectivity index (χ2n) is 2.44. The summed E-state index contributed by atoms with van der Waals surface area (Å²) in [4.78, 5) is 10.4. The van der Waals surface area contributed by atoms with E-state index in [0.717, 1.165) is 0 Å². The van der Waals surface area contributed by atoms with E-state index in [9.17, 15) is 9.90 Å². The number of hydrogen-bond donors (Lipinski definition) is 3. The first kappa shape index (κ1) is 10.2. The highest BCUT2D eigenvalue weighted by molar-refractivity contribution is 9.10. The Kier molecular flexibility index (Phi) is 3.07. The van der Waals surface area contributed by atoms with Gasteiger partial charge in [-0.1, -0.05) is 0 Å². The number of rotatable bonds is 3. The zero-order valence-corrected chi connectivity index (χ0v) is 8.06. The molecule has 0 radical (unpaired) electrons. The van der Waals surface area contributed by atoms with E-state index in [1.807, 2.05) is 0 Å². The number of carbonyl (C=O) groups is 1. The minimum absolute atomic E-state index is 0.120. The molecule has 0 fully saturated rings. The second-order valence-corrected chi connectivity index (χ2v) is 3.30. The van der Waals surface area contributed by atoms with Gasteiger partial charge in [-0.3, -0.25) is 4.79 Å². The highest BCUT2D eigenvalue weighted by Gasteiger charge is 2.27. The molecule has 1 aromatic heterocycles. The molecule has 0 spiro atoms. The molecule has 0 amide bonds. The molecule has 0 aliphatic carbocycles. The topological polar surface area (TPSA) is 96.7 Å². The van der Waals surface area contributed by atoms with Crippen LogP contribution in [0.15, 0.2) is 21.2 Å². The van der Waals surface area contributed by atoms with E-state index < -0.39 is 18.1 Å². The van der Waals surface area contributed by atoms with E-state index in [1.165, 1.54) is 6.26 Å². The largest absolute Gasteiger partial charge is 0.480 e. The molecule has 1 heterocycles. The zero-order chi connectivity index (χ0) is 10.0. The van der Waals surface area contributed by atoms with Gasteiger partial charge in [0.15, 0.2) is 0 Å². The number of aliphatic hydroxyl groups excluding tert-OH is 1. The lowest BCUT2D eigenvalue weighted by molar-refractivity contribution is -0.141. The molecule has 13 heavy (non-hydrogen) atoms. The molecule has 1 aromatic rings. The van der Waals surface area contributed by atoms with Crippen molar-refractivity contribution in [3.05, 3.63) is 22.6 Å². The van der Waals surface area contributed by atoms with Gasteiger partial charge in [-0.2, -0.15) is 0 Å². The van der Waals surface area contributed by atoms with Crippen LogP contribution in [-0.4, -0.2) is 22.2 Å². The first-order valence-electron chi connectivity index (χ1n) is 3.43. The van der Waals surface area contributed by atoms with Crippen molar-refractivity contribution in [3.8, 4) is 0 Å². The standard InChI is InChI=1S/C7H8BrNO4/c8-3-1-2-13-6(3)5(10)4(9)7(11)12/h1-2,4-5,10H,9H2,(H,11,12). The third-order valence-corrected chi connectivity index (χ3v) is 2.19. The van der Waals surface area contributed by atoms with Crippen molar-refractivity contribution in [2.45, 2.75) is 12.1 Å². The molecule has 6 heteroatoms. The predicted octanol–water partition coefficient (Wildman–Crippen LogP) is 0.487. The van der Waals surface area contributed by atoms with Crippen LogP contribution in [0.5, 0.6) is 0 Å². The van der Waals surface area contributed by atoms with Crippen LogP contribution >= 0.6 is 15.9 Å². The molecular weight excluding hydrogens is 242 g/mol. The van der Waals surface area contributed by atoms with Gasteiger partial charge >= 0.3 is 5.97 Å². The van der Waals surface area contributed by atoms with E-state index >= 15 is 0 Å². The van der Waals surface area contributed by atoms with Crippen molar-refractivity contribution in [1.29, 1.82) is 0 Å². The van der Waals surface area contributed by atoms with Crippen LogP contribution in [0.25, 0.3) is 0 Å². The lowest BCUT2D eigenvalue weighted by Crippen LogP contribution is -2.36. The highest BCUT2D eigenvalue weighted by atomic mass is 79.9. The number of aliphatic carboxylic acids is 1. The Hall–Kier alpha value is -0.850. The van der Waals surface area contributed by atoms with Crippen LogP contribution in [0, 0.1) is 0 Å². The van der Waals surface area contributed by atoms with E-state index in [2.05, 4.69) is 15.9 Å². The Morgan fingerprint density at radius 3 is 2.69 bits per heavy atom. The van der Waals surface area contributed by atoms with E-state index in [1.54, 1.807) is 6.07 Å². The zero-order valence-electron chi connectivity index (χ0n) is 6.48. The number of hydrogen-bond acceptors (Lipinski definition) is 4. The molecule has 0 aliphatic rings. The average molecular weight is 250 g/mol. The van der Waals surface area contributed by atoms with Crippen LogP contribution in [0.4, 0.5) is 0 Å². The highest BCUT2D eigenvalue weighted by Crippen LogP contribution is 2.25. The van der Waals surface area contributed by atoms with Crippen molar-refractivity contribution in [2.75, 3.05) is 0 Å². The molecule has 0 saturated heterocycles. The lowest BCUT2D eigenvalue weighted by atomic mass is 10.1. The number of carboxylic acids is 1. The van der Waals surface area contributed by atoms with Gasteiger partial charge in [-0.15, -0.1) is 0 Å². The van der Waals surface area contributed by atoms with Crippen molar-refractivity contribution in [2.24, 2.45) is 5.73 Å². The minimum Gasteiger partial charge on any atom is -0.480 e. The fourth-order valence-corrected chi connectivity index (χ4v) is 1.25. The van der Waals surface area contributed by atoms with Gasteiger partial charge in [0.2, 0.25) is 0 Å². The fourth-order valence-electron chi connectivity index (χ4n) is 0.815. The fraction of sp³-hybridized carbons (Fsp3) is 0.286. The maximum absolute atomic E-state index is 10.4. The van der Waals surface area contributed by atoms with E-state index in [-0.39, 0.29) is 5.76 Å². The van der Waals surface area contributed by atoms with Crippen molar-refractivity contribution in [1.82, 2.24) is 0 Å². The smallest absolute Gasteiger partial charge is 0.323 e. The van der Waals surface area contributed by atoms with Crippen LogP contribution in [-0.2, 0) is 4.79 Å². The molecule has 72 valence electrons. The normalized spacial score (nSPS) is 15.3. The second kappa shape index (κ2) is 3.91. The monoisotopic (exact) mass is 249 g/mol. The van der Waals surface area contributed by atoms with Gasteiger partial charge in [0.05, 0.1) is 10.7 Å². The van der Waals surface area contributed by atoms with Crippen LogP contribution in [0.3, 0.4) is 0 Å². The first-order valence-corrected chi connectivity index (χ1v) is 4.22. The van der Waals surface area contributed by atoms with Gasteiger partial charge in [0, 0.05) is 0 Å². The first-order chi connectivity index (χ1) is 6.04. The van der Waals surface area contributed by atoms with Crippen molar-refractivity contribution >= 4 is 21.9 Å². The summed E-state index contributed by atoms with van der Waals surface area (Å²) in [6, 6.07) is 0.162. The quantitative estimate of drug-likeness (QED) is 0.725. The maximum atomic E-state index is 10.4. The van der Waals surface area contributed by atoms with Crippen LogP contribution < -0.4 is 5.73 Å². The summed E-state index contributed by atoms with van der Waals surface area (Å²) in [6.07, 6.45) is -0.0149. The molecule has 5 nitrogen and oxygen atoms in total. The molecule has 0 aliphatic heterocycles. The molecule has 1 rings (SSSR count). The summed E-state index contributed by atoms with van der Waals surface area (Å²) in [7, 11) is 0. The summed E-state index contributed by atoms with van der Waals surface area (Å²) in [5.41, 5.74) is 5.19. The van der Waals surface area contributed by atoms with Gasteiger partial charge in [0.25, 0.3) is 0 Å². The van der Waals surface area contributed by atoms with Crippen molar-refractivity contribution < 1.29 is 19.4 Å². The summed E-state index contributed by atoms with van der Waals surface area (Å²) >= 11 is 3.08. The Morgan fingerprint density at radius 2 is 2.31 bits per heavy atom. The van der Waals surface area contributed by atoms with Crippen LogP contribution in [0.1, 0.15) is 11.9 Å². The summed E-state index contributed by atoms with van der Waals surface area (Å²) in [5.74, 6) is -1.16. The number of halogens is 1. The molecule has 2 unspecified atom stereocenters. The predicted molar refractivity (Wildman–Crippen MR) is 47.0 cm³/mol. The van der Waals surface area contributed by atoms with Gasteiger partial charge in [-0.25, -0.2) is 0 Å². The number of furan rings is 1. The minimum atomic E-state index is -1.39. The Labute approximate surface area is 82.3 Å². The van der Waals surface area contributed by atoms with E-state index in [4.69, 9.17) is 15.3 Å². The molecular formula is C7H8BrNO4. The maximum Gasteiger partial charge on any atom is 0.323 e. The Morgan fingerprint density at radius 1 is 1.69 bits per heavy atom. The summed E-state index contributed by atoms with van der Waals surface area (Å²) < 4.78 is 5.35. The number of aliphatic hydroxyl groups is 1. The summed E-state index contributed by atoms with van der Waals surface area (Å²) in [5, 5.41) is 17.9. The molecule has 0 bridgehead atoms.